The Morgan fingerprint density at radius 3 is 3.00 bits per heavy atom. The molecule has 6 heteroatoms. The number of hydrogen-bond acceptors (Lipinski definition) is 4. The average Bonchev–Trinajstić information content (AvgIpc) is 2.90. The smallest absolute Gasteiger partial charge is 0.258 e. The molecular weight excluding hydrogens is 249 g/mol. The van der Waals surface area contributed by atoms with E-state index in [4.69, 9.17) is 5.73 Å². The molecule has 1 aromatic carbocycles. The average molecular weight is 259 g/mol. The van der Waals surface area contributed by atoms with Gasteiger partial charge < -0.3 is 15.6 Å². The lowest BCUT2D eigenvalue weighted by Gasteiger charge is -2.04. The maximum Gasteiger partial charge on any atom is 0.258 e. The van der Waals surface area contributed by atoms with Crippen LogP contribution < -0.4 is 11.1 Å². The van der Waals surface area contributed by atoms with Crippen molar-refractivity contribution in [3.05, 3.63) is 47.5 Å². The van der Waals surface area contributed by atoms with Gasteiger partial charge in [0.2, 0.25) is 0 Å². The molecule has 2 aromatic rings. The first-order chi connectivity index (χ1) is 9.20. The van der Waals surface area contributed by atoms with Crippen LogP contribution in [0.2, 0.25) is 0 Å². The zero-order chi connectivity index (χ0) is 13.7. The highest BCUT2D eigenvalue weighted by molar-refractivity contribution is 6.05. The molecule has 0 bridgehead atoms. The van der Waals surface area contributed by atoms with Crippen LogP contribution in [-0.4, -0.2) is 17.6 Å². The Labute approximate surface area is 108 Å². The van der Waals surface area contributed by atoms with Gasteiger partial charge in [0.1, 0.15) is 12.1 Å². The van der Waals surface area contributed by atoms with Gasteiger partial charge in [-0.25, -0.2) is 4.39 Å². The molecule has 96 valence electrons. The molecule has 0 saturated heterocycles. The van der Waals surface area contributed by atoms with Gasteiger partial charge >= 0.3 is 0 Å². The van der Waals surface area contributed by atoms with Crippen LogP contribution in [0.1, 0.15) is 15.9 Å². The minimum atomic E-state index is -0.524. The van der Waals surface area contributed by atoms with Crippen molar-refractivity contribution in [2.75, 3.05) is 11.9 Å². The second-order valence-electron chi connectivity index (χ2n) is 3.53. The van der Waals surface area contributed by atoms with Crippen molar-refractivity contribution in [3.8, 4) is 11.8 Å². The summed E-state index contributed by atoms with van der Waals surface area (Å²) in [6, 6.07) is 5.24. The number of nitrogens with one attached hydrogen (secondary N) is 1. The SMILES string of the molecule is NCC#Cc1ccc(F)cc1C(=O)Nc1ccon1. The van der Waals surface area contributed by atoms with E-state index in [1.807, 2.05) is 0 Å². The third kappa shape index (κ3) is 3.18. The van der Waals surface area contributed by atoms with Crippen LogP contribution in [0.25, 0.3) is 0 Å². The molecule has 3 N–H and O–H groups in total. The van der Waals surface area contributed by atoms with Gasteiger partial charge in [0.15, 0.2) is 5.82 Å². The molecular formula is C13H10FN3O2. The minimum absolute atomic E-state index is 0.115. The van der Waals surface area contributed by atoms with E-state index in [1.54, 1.807) is 0 Å². The largest absolute Gasteiger partial charge is 0.363 e. The zero-order valence-electron chi connectivity index (χ0n) is 9.81. The normalized spacial score (nSPS) is 9.58. The molecule has 0 unspecified atom stereocenters. The maximum absolute atomic E-state index is 13.2. The van der Waals surface area contributed by atoms with Crippen molar-refractivity contribution >= 4 is 11.7 Å². The number of nitrogens with two attached hydrogens (primary N) is 1. The van der Waals surface area contributed by atoms with E-state index >= 15 is 0 Å². The first-order valence-corrected chi connectivity index (χ1v) is 5.41. The number of benzene rings is 1. The van der Waals surface area contributed by atoms with Crippen LogP contribution in [-0.2, 0) is 0 Å². The van der Waals surface area contributed by atoms with Crippen LogP contribution in [0.5, 0.6) is 0 Å². The molecule has 1 aromatic heterocycles. The minimum Gasteiger partial charge on any atom is -0.363 e. The van der Waals surface area contributed by atoms with Gasteiger partial charge in [0, 0.05) is 11.6 Å². The van der Waals surface area contributed by atoms with Crippen LogP contribution in [0.15, 0.2) is 35.1 Å². The summed E-state index contributed by atoms with van der Waals surface area (Å²) >= 11 is 0. The highest BCUT2D eigenvalue weighted by Gasteiger charge is 2.13. The number of carbonyl (C=O) groups excluding carboxylic acids is 1. The van der Waals surface area contributed by atoms with Gasteiger partial charge in [-0.05, 0) is 18.2 Å². The van der Waals surface area contributed by atoms with Crippen molar-refractivity contribution < 1.29 is 13.7 Å². The lowest BCUT2D eigenvalue weighted by atomic mass is 10.1. The second-order valence-corrected chi connectivity index (χ2v) is 3.53. The zero-order valence-corrected chi connectivity index (χ0v) is 9.81. The summed E-state index contributed by atoms with van der Waals surface area (Å²) in [7, 11) is 0. The molecule has 19 heavy (non-hydrogen) atoms. The van der Waals surface area contributed by atoms with E-state index < -0.39 is 11.7 Å². The van der Waals surface area contributed by atoms with Gasteiger partial charge in [0.05, 0.1) is 12.1 Å². The van der Waals surface area contributed by atoms with Crippen molar-refractivity contribution in [2.45, 2.75) is 0 Å². The van der Waals surface area contributed by atoms with E-state index in [2.05, 4.69) is 26.8 Å². The van der Waals surface area contributed by atoms with Gasteiger partial charge in [0.25, 0.3) is 5.91 Å². The van der Waals surface area contributed by atoms with Gasteiger partial charge in [-0.3, -0.25) is 4.79 Å². The highest BCUT2D eigenvalue weighted by Crippen LogP contribution is 2.13. The first-order valence-electron chi connectivity index (χ1n) is 5.41. The predicted octanol–water partition coefficient (Wildman–Crippen LogP) is 1.38. The lowest BCUT2D eigenvalue weighted by molar-refractivity contribution is 0.102. The predicted molar refractivity (Wildman–Crippen MR) is 66.8 cm³/mol. The fourth-order valence-corrected chi connectivity index (χ4v) is 1.42. The van der Waals surface area contributed by atoms with E-state index in [9.17, 15) is 9.18 Å². The standard InChI is InChI=1S/C13H10FN3O2/c14-10-4-3-9(2-1-6-15)11(8-10)13(18)16-12-5-7-19-17-12/h3-5,7-8H,6,15H2,(H,16,17,18). The number of carbonyl (C=O) groups is 1. The Balaban J connectivity index is 2.31. The van der Waals surface area contributed by atoms with E-state index in [1.165, 1.54) is 24.5 Å². The quantitative estimate of drug-likeness (QED) is 0.798. The Kier molecular flexibility index (Phi) is 3.90. The van der Waals surface area contributed by atoms with E-state index in [-0.39, 0.29) is 17.9 Å². The topological polar surface area (TPSA) is 81.2 Å². The van der Waals surface area contributed by atoms with Crippen LogP contribution in [0.3, 0.4) is 0 Å². The summed E-state index contributed by atoms with van der Waals surface area (Å²) in [5.41, 5.74) is 5.78. The van der Waals surface area contributed by atoms with Crippen molar-refractivity contribution in [3.63, 3.8) is 0 Å². The van der Waals surface area contributed by atoms with Crippen molar-refractivity contribution in [1.82, 2.24) is 5.16 Å². The van der Waals surface area contributed by atoms with Crippen molar-refractivity contribution in [1.29, 1.82) is 0 Å². The molecule has 0 atom stereocenters. The fourth-order valence-electron chi connectivity index (χ4n) is 1.42. The molecule has 1 heterocycles. The lowest BCUT2D eigenvalue weighted by Crippen LogP contribution is -2.14. The number of hydrogen-bond donors (Lipinski definition) is 2. The van der Waals surface area contributed by atoms with Crippen LogP contribution >= 0.6 is 0 Å². The molecule has 0 saturated carbocycles. The third-order valence-electron chi connectivity index (χ3n) is 2.23. The molecule has 0 aliphatic rings. The highest BCUT2D eigenvalue weighted by atomic mass is 19.1. The van der Waals surface area contributed by atoms with Crippen LogP contribution in [0, 0.1) is 17.7 Å². The molecule has 0 radical (unpaired) electrons. The van der Waals surface area contributed by atoms with E-state index in [0.717, 1.165) is 6.07 Å². The first kappa shape index (κ1) is 12.8. The molecule has 5 nitrogen and oxygen atoms in total. The van der Waals surface area contributed by atoms with Gasteiger partial charge in [-0.1, -0.05) is 17.0 Å². The summed E-state index contributed by atoms with van der Waals surface area (Å²) in [4.78, 5) is 12.0. The maximum atomic E-state index is 13.2. The summed E-state index contributed by atoms with van der Waals surface area (Å²) < 4.78 is 17.8. The fraction of sp³-hybridized carbons (Fsp3) is 0.0769. The van der Waals surface area contributed by atoms with E-state index in [0.29, 0.717) is 5.56 Å². The summed E-state index contributed by atoms with van der Waals surface area (Å²) in [5.74, 6) is 4.53. The van der Waals surface area contributed by atoms with Gasteiger partial charge in [-0.15, -0.1) is 0 Å². The van der Waals surface area contributed by atoms with Crippen molar-refractivity contribution in [2.24, 2.45) is 5.73 Å². The number of rotatable bonds is 2. The Morgan fingerprint density at radius 2 is 2.32 bits per heavy atom. The molecule has 0 spiro atoms. The Hall–Kier alpha value is -2.65. The number of nitrogens with zero attached hydrogens (tertiary/aromatic N) is 1. The molecule has 0 fully saturated rings. The van der Waals surface area contributed by atoms with Gasteiger partial charge in [-0.2, -0.15) is 0 Å². The number of amides is 1. The second kappa shape index (κ2) is 5.80. The summed E-state index contributed by atoms with van der Waals surface area (Å²) in [6.45, 7) is 0.154. The number of anilines is 1. The number of aromatic nitrogens is 1. The molecule has 2 rings (SSSR count). The molecule has 1 amide bonds. The van der Waals surface area contributed by atoms with Crippen LogP contribution in [0.4, 0.5) is 10.2 Å². The summed E-state index contributed by atoms with van der Waals surface area (Å²) in [5, 5.41) is 6.01. The monoisotopic (exact) mass is 259 g/mol. The summed E-state index contributed by atoms with van der Waals surface area (Å²) in [6.07, 6.45) is 1.32. The number of halogens is 1. The molecule has 0 aliphatic carbocycles. The molecule has 0 aliphatic heterocycles. The Morgan fingerprint density at radius 1 is 1.47 bits per heavy atom. The Bertz CT molecular complexity index is 642. The third-order valence-corrected chi connectivity index (χ3v) is 2.23.